The number of benzene rings is 1. The molecule has 0 amide bonds. The summed E-state index contributed by atoms with van der Waals surface area (Å²) in [6.45, 7) is 2.75. The van der Waals surface area contributed by atoms with Crippen molar-refractivity contribution in [1.82, 2.24) is 5.32 Å². The van der Waals surface area contributed by atoms with Crippen molar-refractivity contribution in [3.05, 3.63) is 29.8 Å². The van der Waals surface area contributed by atoms with Gasteiger partial charge >= 0.3 is 11.9 Å². The molecule has 1 heterocycles. The fourth-order valence-corrected chi connectivity index (χ4v) is 2.10. The van der Waals surface area contributed by atoms with Crippen LogP contribution < -0.4 is 5.32 Å². The predicted molar refractivity (Wildman–Crippen MR) is 75.5 cm³/mol. The minimum atomic E-state index is -0.770. The Morgan fingerprint density at radius 1 is 1.33 bits per heavy atom. The normalized spacial score (nSPS) is 21.6. The van der Waals surface area contributed by atoms with Crippen LogP contribution in [0, 0.1) is 5.92 Å². The molecule has 1 aliphatic rings. The average molecular weight is 291 g/mol. The van der Waals surface area contributed by atoms with Crippen molar-refractivity contribution in [1.29, 1.82) is 0 Å². The van der Waals surface area contributed by atoms with Crippen LogP contribution >= 0.6 is 0 Å². The van der Waals surface area contributed by atoms with Crippen LogP contribution in [0.2, 0.25) is 0 Å². The quantitative estimate of drug-likeness (QED) is 0.335. The number of phenols is 2. The van der Waals surface area contributed by atoms with E-state index in [0.29, 0.717) is 17.9 Å². The van der Waals surface area contributed by atoms with Crippen molar-refractivity contribution in [3.8, 4) is 11.5 Å². The first-order valence-electron chi connectivity index (χ1n) is 6.65. The maximum atomic E-state index is 11.7. The summed E-state index contributed by atoms with van der Waals surface area (Å²) < 4.78 is 4.72. The highest BCUT2D eigenvalue weighted by atomic mass is 16.6. The molecule has 0 radical (unpaired) electrons. The van der Waals surface area contributed by atoms with Gasteiger partial charge in [-0.2, -0.15) is 0 Å². The van der Waals surface area contributed by atoms with Crippen LogP contribution in [0.5, 0.6) is 11.5 Å². The molecule has 1 aromatic carbocycles. The van der Waals surface area contributed by atoms with Gasteiger partial charge in [-0.25, -0.2) is 9.59 Å². The summed E-state index contributed by atoms with van der Waals surface area (Å²) in [5.41, 5.74) is 0.502. The van der Waals surface area contributed by atoms with Gasteiger partial charge < -0.3 is 20.3 Å². The Morgan fingerprint density at radius 3 is 2.71 bits per heavy atom. The number of rotatable bonds is 3. The third-order valence-corrected chi connectivity index (χ3v) is 3.25. The van der Waals surface area contributed by atoms with E-state index in [1.807, 2.05) is 6.92 Å². The molecule has 1 fully saturated rings. The van der Waals surface area contributed by atoms with Crippen LogP contribution in [-0.4, -0.2) is 34.7 Å². The van der Waals surface area contributed by atoms with Crippen molar-refractivity contribution >= 4 is 18.0 Å². The molecule has 1 aliphatic heterocycles. The highest BCUT2D eigenvalue weighted by molar-refractivity contribution is 5.96. The van der Waals surface area contributed by atoms with E-state index in [-0.39, 0.29) is 11.5 Å². The van der Waals surface area contributed by atoms with Gasteiger partial charge in [0.25, 0.3) is 0 Å². The number of phenolic OH excluding ortho intramolecular Hbond substituents is 2. The number of aromatic hydroxyl groups is 2. The minimum Gasteiger partial charge on any atom is -0.504 e. The van der Waals surface area contributed by atoms with Crippen LogP contribution in [0.3, 0.4) is 0 Å². The number of nitrogens with one attached hydrogen (secondary N) is 1. The van der Waals surface area contributed by atoms with Gasteiger partial charge in [-0.1, -0.05) is 13.0 Å². The van der Waals surface area contributed by atoms with Gasteiger partial charge in [0, 0.05) is 6.08 Å². The first kappa shape index (κ1) is 15.1. The molecule has 2 atom stereocenters. The number of carbonyl (C=O) groups is 2. The highest BCUT2D eigenvalue weighted by Gasteiger charge is 2.29. The van der Waals surface area contributed by atoms with Gasteiger partial charge in [0.1, 0.15) is 6.04 Å². The van der Waals surface area contributed by atoms with E-state index in [0.717, 1.165) is 12.6 Å². The van der Waals surface area contributed by atoms with Gasteiger partial charge in [-0.3, -0.25) is 0 Å². The molecule has 2 rings (SSSR count). The van der Waals surface area contributed by atoms with Gasteiger partial charge in [0.2, 0.25) is 0 Å². The van der Waals surface area contributed by atoms with Crippen molar-refractivity contribution < 1.29 is 24.5 Å². The van der Waals surface area contributed by atoms with Crippen LogP contribution in [0.1, 0.15) is 18.9 Å². The van der Waals surface area contributed by atoms with Crippen molar-refractivity contribution in [2.75, 3.05) is 6.54 Å². The lowest BCUT2D eigenvalue weighted by Crippen LogP contribution is -2.33. The summed E-state index contributed by atoms with van der Waals surface area (Å²) in [6.07, 6.45) is 3.14. The van der Waals surface area contributed by atoms with E-state index >= 15 is 0 Å². The first-order valence-corrected chi connectivity index (χ1v) is 6.65. The van der Waals surface area contributed by atoms with Crippen LogP contribution in [0.4, 0.5) is 0 Å². The fraction of sp³-hybridized carbons (Fsp3) is 0.333. The molecule has 3 N–H and O–H groups in total. The van der Waals surface area contributed by atoms with Gasteiger partial charge in [0.05, 0.1) is 0 Å². The molecule has 6 heteroatoms. The van der Waals surface area contributed by atoms with Gasteiger partial charge in [0.15, 0.2) is 11.5 Å². The molecule has 0 saturated carbocycles. The second-order valence-corrected chi connectivity index (χ2v) is 5.12. The Kier molecular flexibility index (Phi) is 4.59. The Bertz CT molecular complexity index is 581. The molecule has 2 unspecified atom stereocenters. The smallest absolute Gasteiger partial charge is 0.338 e. The Labute approximate surface area is 122 Å². The van der Waals surface area contributed by atoms with E-state index in [2.05, 4.69) is 5.32 Å². The van der Waals surface area contributed by atoms with Crippen LogP contribution in [0.15, 0.2) is 24.3 Å². The molecule has 6 nitrogen and oxygen atoms in total. The summed E-state index contributed by atoms with van der Waals surface area (Å²) in [7, 11) is 0. The molecular weight excluding hydrogens is 274 g/mol. The largest absolute Gasteiger partial charge is 0.504 e. The molecule has 0 spiro atoms. The Hall–Kier alpha value is -2.34. The Morgan fingerprint density at radius 2 is 2.10 bits per heavy atom. The summed E-state index contributed by atoms with van der Waals surface area (Å²) in [6, 6.07) is 3.67. The predicted octanol–water partition coefficient (Wildman–Crippen LogP) is 1.18. The zero-order valence-corrected chi connectivity index (χ0v) is 11.6. The van der Waals surface area contributed by atoms with E-state index in [4.69, 9.17) is 9.84 Å². The third kappa shape index (κ3) is 4.06. The molecule has 0 aromatic heterocycles. The molecule has 21 heavy (non-hydrogen) atoms. The molecule has 112 valence electrons. The summed E-state index contributed by atoms with van der Waals surface area (Å²) in [5, 5.41) is 21.5. The lowest BCUT2D eigenvalue weighted by atomic mass is 10.1. The maximum absolute atomic E-state index is 11.7. The molecule has 1 aromatic rings. The maximum Gasteiger partial charge on any atom is 0.338 e. The third-order valence-electron chi connectivity index (χ3n) is 3.25. The van der Waals surface area contributed by atoms with Crippen molar-refractivity contribution in [2.24, 2.45) is 5.92 Å². The molecule has 0 aliphatic carbocycles. The lowest BCUT2D eigenvalue weighted by molar-refractivity contribution is -0.157. The first-order chi connectivity index (χ1) is 9.95. The second-order valence-electron chi connectivity index (χ2n) is 5.12. The van der Waals surface area contributed by atoms with E-state index in [1.165, 1.54) is 24.3 Å². The molecule has 1 saturated heterocycles. The lowest BCUT2D eigenvalue weighted by Gasteiger charge is -2.07. The zero-order valence-electron chi connectivity index (χ0n) is 11.6. The average Bonchev–Trinajstić information content (AvgIpc) is 2.87. The number of hydrogen-bond donors (Lipinski definition) is 3. The topological polar surface area (TPSA) is 95.9 Å². The summed E-state index contributed by atoms with van der Waals surface area (Å²) >= 11 is 0. The van der Waals surface area contributed by atoms with E-state index in [9.17, 15) is 14.7 Å². The van der Waals surface area contributed by atoms with Crippen LogP contribution in [0.25, 0.3) is 6.08 Å². The number of carbonyl (C=O) groups excluding carboxylic acids is 2. The highest BCUT2D eigenvalue weighted by Crippen LogP contribution is 2.25. The van der Waals surface area contributed by atoms with Crippen molar-refractivity contribution in [2.45, 2.75) is 19.4 Å². The number of esters is 2. The second kappa shape index (κ2) is 6.41. The SMILES string of the molecule is CC1CNC(C(=O)OC(=O)/C=C/c2ccc(O)c(O)c2)C1. The number of hydrogen-bond acceptors (Lipinski definition) is 6. The fourth-order valence-electron chi connectivity index (χ4n) is 2.10. The molecule has 0 bridgehead atoms. The van der Waals surface area contributed by atoms with E-state index in [1.54, 1.807) is 0 Å². The summed E-state index contributed by atoms with van der Waals surface area (Å²) in [5.74, 6) is -1.50. The molecular formula is C15H17NO5. The minimum absolute atomic E-state index is 0.244. The number of ether oxygens (including phenoxy) is 1. The summed E-state index contributed by atoms with van der Waals surface area (Å²) in [4.78, 5) is 23.2. The van der Waals surface area contributed by atoms with Gasteiger partial charge in [-0.05, 0) is 42.7 Å². The Balaban J connectivity index is 1.90. The van der Waals surface area contributed by atoms with E-state index < -0.39 is 18.0 Å². The zero-order chi connectivity index (χ0) is 15.4. The monoisotopic (exact) mass is 291 g/mol. The van der Waals surface area contributed by atoms with Crippen LogP contribution in [-0.2, 0) is 14.3 Å². The van der Waals surface area contributed by atoms with Crippen molar-refractivity contribution in [3.63, 3.8) is 0 Å². The van der Waals surface area contributed by atoms with Gasteiger partial charge in [-0.15, -0.1) is 0 Å². The standard InChI is InChI=1S/C15H17NO5/c1-9-6-11(16-8-9)15(20)21-14(19)5-3-10-2-4-12(17)13(18)7-10/h2-5,7,9,11,16-18H,6,8H2,1H3/b5-3+.